The first-order valence-electron chi connectivity index (χ1n) is 5.42. The van der Waals surface area contributed by atoms with Crippen LogP contribution < -0.4 is 4.74 Å². The van der Waals surface area contributed by atoms with E-state index in [1.54, 1.807) is 18.9 Å². The van der Waals surface area contributed by atoms with E-state index in [0.717, 1.165) is 34.6 Å². The molecule has 0 heterocycles. The number of rotatable bonds is 5. The minimum atomic E-state index is -0.364. The zero-order valence-corrected chi connectivity index (χ0v) is 11.2. The summed E-state index contributed by atoms with van der Waals surface area (Å²) in [4.78, 5) is 0. The van der Waals surface area contributed by atoms with Crippen molar-refractivity contribution >= 4 is 11.8 Å². The van der Waals surface area contributed by atoms with Crippen molar-refractivity contribution in [2.24, 2.45) is 0 Å². The number of ether oxygens (including phenoxy) is 1. The second-order valence-electron chi connectivity index (χ2n) is 3.98. The van der Waals surface area contributed by atoms with Crippen LogP contribution in [0, 0.1) is 13.8 Å². The lowest BCUT2D eigenvalue weighted by atomic mass is 9.98. The highest BCUT2D eigenvalue weighted by atomic mass is 32.2. The van der Waals surface area contributed by atoms with Crippen molar-refractivity contribution in [2.45, 2.75) is 26.4 Å². The van der Waals surface area contributed by atoms with Gasteiger partial charge in [-0.15, -0.1) is 0 Å². The quantitative estimate of drug-likeness (QED) is 0.857. The van der Waals surface area contributed by atoms with Gasteiger partial charge >= 0.3 is 0 Å². The summed E-state index contributed by atoms with van der Waals surface area (Å²) in [7, 11) is 1.67. The van der Waals surface area contributed by atoms with E-state index in [-0.39, 0.29) is 6.10 Å². The van der Waals surface area contributed by atoms with Crippen molar-refractivity contribution in [3.8, 4) is 5.75 Å². The van der Waals surface area contributed by atoms with Crippen LogP contribution in [0.2, 0.25) is 0 Å². The van der Waals surface area contributed by atoms with Crippen LogP contribution >= 0.6 is 11.8 Å². The number of aryl methyl sites for hydroxylation is 2. The molecule has 0 aromatic heterocycles. The number of thioether (sulfide) groups is 1. The minimum absolute atomic E-state index is 0.364. The van der Waals surface area contributed by atoms with Crippen LogP contribution in [0.25, 0.3) is 0 Å². The highest BCUT2D eigenvalue weighted by Gasteiger charge is 2.12. The molecule has 3 heteroatoms. The third kappa shape index (κ3) is 3.16. The molecule has 1 unspecified atom stereocenters. The van der Waals surface area contributed by atoms with Gasteiger partial charge in [-0.25, -0.2) is 0 Å². The van der Waals surface area contributed by atoms with E-state index >= 15 is 0 Å². The molecule has 0 amide bonds. The van der Waals surface area contributed by atoms with Gasteiger partial charge in [0, 0.05) is 0 Å². The summed E-state index contributed by atoms with van der Waals surface area (Å²) in [6.45, 7) is 4.02. The molecule has 0 fully saturated rings. The molecule has 0 saturated carbocycles. The van der Waals surface area contributed by atoms with Crippen LogP contribution in [-0.2, 0) is 0 Å². The number of benzene rings is 1. The summed E-state index contributed by atoms with van der Waals surface area (Å²) < 4.78 is 5.26. The molecular formula is C13H20O2S. The number of aliphatic hydroxyl groups is 1. The van der Waals surface area contributed by atoms with Gasteiger partial charge in [0.2, 0.25) is 0 Å². The van der Waals surface area contributed by atoms with E-state index < -0.39 is 0 Å². The van der Waals surface area contributed by atoms with E-state index in [4.69, 9.17) is 4.74 Å². The largest absolute Gasteiger partial charge is 0.496 e. The molecule has 0 aliphatic carbocycles. The Morgan fingerprint density at radius 2 is 2.00 bits per heavy atom. The van der Waals surface area contributed by atoms with E-state index in [9.17, 15) is 5.11 Å². The standard InChI is InChI=1S/C13H20O2S/c1-9-8-13(15-3)10(2)7-11(9)12(14)5-6-16-4/h7-8,12,14H,5-6H2,1-4H3. The monoisotopic (exact) mass is 240 g/mol. The maximum atomic E-state index is 10.1. The van der Waals surface area contributed by atoms with Crippen molar-refractivity contribution in [2.75, 3.05) is 19.1 Å². The average molecular weight is 240 g/mol. The van der Waals surface area contributed by atoms with Crippen LogP contribution in [0.4, 0.5) is 0 Å². The third-order valence-corrected chi connectivity index (χ3v) is 3.38. The van der Waals surface area contributed by atoms with E-state index in [1.807, 2.05) is 26.0 Å². The summed E-state index contributed by atoms with van der Waals surface area (Å²) in [5.74, 6) is 1.87. The molecule has 16 heavy (non-hydrogen) atoms. The molecule has 0 aliphatic heterocycles. The molecule has 2 nitrogen and oxygen atoms in total. The molecule has 0 bridgehead atoms. The Balaban J connectivity index is 2.92. The third-order valence-electron chi connectivity index (χ3n) is 2.74. The Bertz CT molecular complexity index is 350. The van der Waals surface area contributed by atoms with Gasteiger partial charge in [-0.3, -0.25) is 0 Å². The summed E-state index contributed by atoms with van der Waals surface area (Å²) in [6, 6.07) is 4.02. The Hall–Kier alpha value is -0.670. The number of hydrogen-bond acceptors (Lipinski definition) is 3. The SMILES string of the molecule is COc1cc(C)c(C(O)CCSC)cc1C. The van der Waals surface area contributed by atoms with Crippen molar-refractivity contribution < 1.29 is 9.84 Å². The highest BCUT2D eigenvalue weighted by molar-refractivity contribution is 7.98. The Labute approximate surface area is 102 Å². The second kappa shape index (κ2) is 6.16. The molecule has 1 atom stereocenters. The molecule has 1 N–H and O–H groups in total. The van der Waals surface area contributed by atoms with Gasteiger partial charge in [0.25, 0.3) is 0 Å². The summed E-state index contributed by atoms with van der Waals surface area (Å²) in [5, 5.41) is 10.1. The second-order valence-corrected chi connectivity index (χ2v) is 4.96. The van der Waals surface area contributed by atoms with Gasteiger partial charge in [0.05, 0.1) is 13.2 Å². The zero-order valence-electron chi connectivity index (χ0n) is 10.4. The lowest BCUT2D eigenvalue weighted by Gasteiger charge is -2.16. The van der Waals surface area contributed by atoms with Gasteiger partial charge < -0.3 is 9.84 Å². The van der Waals surface area contributed by atoms with Crippen molar-refractivity contribution in [3.05, 3.63) is 28.8 Å². The zero-order chi connectivity index (χ0) is 12.1. The number of hydrogen-bond donors (Lipinski definition) is 1. The minimum Gasteiger partial charge on any atom is -0.496 e. The van der Waals surface area contributed by atoms with Gasteiger partial charge in [0.15, 0.2) is 0 Å². The predicted molar refractivity (Wildman–Crippen MR) is 70.4 cm³/mol. The molecule has 90 valence electrons. The number of methoxy groups -OCH3 is 1. The van der Waals surface area contributed by atoms with Gasteiger partial charge in [-0.05, 0) is 61.1 Å². The Kier molecular flexibility index (Phi) is 5.16. The summed E-state index contributed by atoms with van der Waals surface area (Å²) in [5.41, 5.74) is 3.19. The molecule has 0 aliphatic rings. The first-order valence-corrected chi connectivity index (χ1v) is 6.81. The molecule has 0 saturated heterocycles. The normalized spacial score (nSPS) is 12.6. The van der Waals surface area contributed by atoms with Crippen LogP contribution in [0.1, 0.15) is 29.2 Å². The smallest absolute Gasteiger partial charge is 0.122 e. The van der Waals surface area contributed by atoms with E-state index in [1.165, 1.54) is 0 Å². The highest BCUT2D eigenvalue weighted by Crippen LogP contribution is 2.28. The topological polar surface area (TPSA) is 29.5 Å². The fourth-order valence-electron chi connectivity index (χ4n) is 1.78. The average Bonchev–Trinajstić information content (AvgIpc) is 2.28. The molecule has 1 rings (SSSR count). The lowest BCUT2D eigenvalue weighted by molar-refractivity contribution is 0.174. The van der Waals surface area contributed by atoms with Crippen molar-refractivity contribution in [1.29, 1.82) is 0 Å². The molecule has 1 aromatic rings. The predicted octanol–water partition coefficient (Wildman–Crippen LogP) is 3.10. The summed E-state index contributed by atoms with van der Waals surface area (Å²) >= 11 is 1.76. The van der Waals surface area contributed by atoms with Crippen molar-refractivity contribution in [3.63, 3.8) is 0 Å². The first kappa shape index (κ1) is 13.4. The van der Waals surface area contributed by atoms with E-state index in [0.29, 0.717) is 0 Å². The molecule has 0 spiro atoms. The van der Waals surface area contributed by atoms with Crippen LogP contribution in [-0.4, -0.2) is 24.2 Å². The maximum Gasteiger partial charge on any atom is 0.122 e. The molecule has 0 radical (unpaired) electrons. The van der Waals surface area contributed by atoms with Gasteiger partial charge in [-0.1, -0.05) is 0 Å². The van der Waals surface area contributed by atoms with Crippen LogP contribution in [0.3, 0.4) is 0 Å². The lowest BCUT2D eigenvalue weighted by Crippen LogP contribution is -2.03. The Morgan fingerprint density at radius 3 is 2.56 bits per heavy atom. The van der Waals surface area contributed by atoms with Crippen LogP contribution in [0.5, 0.6) is 5.75 Å². The van der Waals surface area contributed by atoms with Crippen LogP contribution in [0.15, 0.2) is 12.1 Å². The van der Waals surface area contributed by atoms with Gasteiger partial charge in [0.1, 0.15) is 5.75 Å². The summed E-state index contributed by atoms with van der Waals surface area (Å²) in [6.07, 6.45) is 2.49. The van der Waals surface area contributed by atoms with E-state index in [2.05, 4.69) is 6.26 Å². The maximum absolute atomic E-state index is 10.1. The Morgan fingerprint density at radius 1 is 1.31 bits per heavy atom. The molecular weight excluding hydrogens is 220 g/mol. The first-order chi connectivity index (χ1) is 7.60. The number of aliphatic hydroxyl groups excluding tert-OH is 1. The van der Waals surface area contributed by atoms with Crippen molar-refractivity contribution in [1.82, 2.24) is 0 Å². The molecule has 1 aromatic carbocycles. The van der Waals surface area contributed by atoms with Gasteiger partial charge in [-0.2, -0.15) is 11.8 Å². The fourth-order valence-corrected chi connectivity index (χ4v) is 2.23. The fraction of sp³-hybridized carbons (Fsp3) is 0.538.